The summed E-state index contributed by atoms with van der Waals surface area (Å²) < 4.78 is 43.6. The van der Waals surface area contributed by atoms with Crippen LogP contribution in [0.2, 0.25) is 0 Å². The minimum absolute atomic E-state index is 0.000540. The summed E-state index contributed by atoms with van der Waals surface area (Å²) in [6, 6.07) is 9.53. The Hall–Kier alpha value is -4.69. The van der Waals surface area contributed by atoms with Crippen LogP contribution in [0.4, 0.5) is 8.78 Å². The third-order valence-corrected chi connectivity index (χ3v) is 5.83. The van der Waals surface area contributed by atoms with Crippen molar-refractivity contribution in [2.75, 3.05) is 41.3 Å². The molecular weight excluding hydrogens is 542 g/mol. The minimum atomic E-state index is -1.86. The monoisotopic (exact) mass is 574 g/mol. The normalized spacial score (nSPS) is 15.3. The second-order valence-electron chi connectivity index (χ2n) is 9.49. The summed E-state index contributed by atoms with van der Waals surface area (Å²) in [6.45, 7) is -0.560. The lowest BCUT2D eigenvalue weighted by atomic mass is 10.1. The van der Waals surface area contributed by atoms with E-state index in [0.29, 0.717) is 5.01 Å². The average molecular weight is 575 g/mol. The molecule has 0 bridgehead atoms. The summed E-state index contributed by atoms with van der Waals surface area (Å²) in [6.07, 6.45) is -1.98. The van der Waals surface area contributed by atoms with Crippen LogP contribution in [0.1, 0.15) is 22.3 Å². The highest BCUT2D eigenvalue weighted by atomic mass is 19.1. The topological polar surface area (TPSA) is 165 Å². The first-order valence-electron chi connectivity index (χ1n) is 12.3. The Balaban J connectivity index is 2.15. The van der Waals surface area contributed by atoms with Crippen LogP contribution in [0.25, 0.3) is 0 Å². The number of allylic oxidation sites excluding steroid dienone is 1. The second-order valence-corrected chi connectivity index (χ2v) is 9.49. The number of rotatable bonds is 12. The predicted octanol–water partition coefficient (Wildman–Crippen LogP) is 2.38. The number of halogens is 2. The summed E-state index contributed by atoms with van der Waals surface area (Å²) in [4.78, 5) is 26.9. The molecule has 1 atom stereocenters. The molecule has 1 unspecified atom stereocenters. The predicted molar refractivity (Wildman–Crippen MR) is 146 cm³/mol. The molecule has 6 N–H and O–H groups in total. The summed E-state index contributed by atoms with van der Waals surface area (Å²) in [5.41, 5.74) is 7.90. The van der Waals surface area contributed by atoms with E-state index in [2.05, 4.69) is 5.43 Å². The van der Waals surface area contributed by atoms with Crippen LogP contribution in [-0.2, 0) is 4.79 Å². The van der Waals surface area contributed by atoms with Crippen molar-refractivity contribution < 1.29 is 38.1 Å². The van der Waals surface area contributed by atoms with E-state index in [-0.39, 0.29) is 47.3 Å². The van der Waals surface area contributed by atoms with Crippen molar-refractivity contribution >= 4 is 17.7 Å². The van der Waals surface area contributed by atoms with Gasteiger partial charge < -0.3 is 35.2 Å². The molecule has 41 heavy (non-hydrogen) atoms. The largest absolute Gasteiger partial charge is 0.504 e. The highest BCUT2D eigenvalue weighted by Crippen LogP contribution is 2.38. The van der Waals surface area contributed by atoms with Crippen LogP contribution in [0, 0.1) is 5.41 Å². The molecule has 1 amide bonds. The summed E-state index contributed by atoms with van der Waals surface area (Å²) >= 11 is 0. The van der Waals surface area contributed by atoms with Crippen LogP contribution in [-0.4, -0.2) is 90.2 Å². The van der Waals surface area contributed by atoms with E-state index in [0.717, 1.165) is 0 Å². The van der Waals surface area contributed by atoms with Gasteiger partial charge in [-0.15, -0.1) is 0 Å². The van der Waals surface area contributed by atoms with Crippen LogP contribution in [0.3, 0.4) is 0 Å². The zero-order valence-corrected chi connectivity index (χ0v) is 22.9. The quantitative estimate of drug-likeness (QED) is 0.188. The molecule has 1 aliphatic rings. The molecule has 3 rings (SSSR count). The van der Waals surface area contributed by atoms with E-state index in [1.165, 1.54) is 47.4 Å². The van der Waals surface area contributed by atoms with Crippen LogP contribution in [0.15, 0.2) is 65.6 Å². The van der Waals surface area contributed by atoms with Crippen molar-refractivity contribution in [1.82, 2.24) is 20.2 Å². The van der Waals surface area contributed by atoms with E-state index in [4.69, 9.17) is 20.6 Å². The van der Waals surface area contributed by atoms with E-state index in [1.54, 1.807) is 33.1 Å². The van der Waals surface area contributed by atoms with Gasteiger partial charge in [-0.05, 0) is 56.9 Å². The Morgan fingerprint density at radius 1 is 1.12 bits per heavy atom. The van der Waals surface area contributed by atoms with Crippen LogP contribution < -0.4 is 20.6 Å². The number of phenols is 1. The van der Waals surface area contributed by atoms with Crippen molar-refractivity contribution in [3.8, 4) is 17.2 Å². The van der Waals surface area contributed by atoms with Gasteiger partial charge in [0.05, 0.1) is 0 Å². The first-order chi connectivity index (χ1) is 19.3. The van der Waals surface area contributed by atoms with Crippen molar-refractivity contribution in [2.45, 2.75) is 12.6 Å². The minimum Gasteiger partial charge on any atom is -0.504 e. The first-order valence-corrected chi connectivity index (χ1v) is 12.3. The maximum atomic E-state index is 16.0. The molecule has 14 heteroatoms. The number of nitrogen functional groups attached to an aromatic ring is 1. The van der Waals surface area contributed by atoms with Gasteiger partial charge in [0.25, 0.3) is 11.8 Å². The third-order valence-electron chi connectivity index (χ3n) is 5.83. The number of carbonyl (C=O) groups is 2. The Morgan fingerprint density at radius 2 is 1.83 bits per heavy atom. The number of ether oxygens (including phenoxy) is 2. The number of amidine groups is 1. The van der Waals surface area contributed by atoms with Gasteiger partial charge >= 0.3 is 5.97 Å². The third kappa shape index (κ3) is 7.49. The Bertz CT molecular complexity index is 1390. The summed E-state index contributed by atoms with van der Waals surface area (Å²) in [7, 11) is 6.54. The number of nitrogens with one attached hydrogen (secondary N) is 2. The molecule has 220 valence electrons. The van der Waals surface area contributed by atoms with Gasteiger partial charge in [-0.2, -0.15) is 0 Å². The number of carboxylic acid groups (broad SMARTS) is 1. The number of nitrogens with two attached hydrogens (primary N) is 1. The fourth-order valence-corrected chi connectivity index (χ4v) is 3.74. The number of benzene rings is 2. The van der Waals surface area contributed by atoms with Crippen LogP contribution in [0.5, 0.6) is 17.2 Å². The van der Waals surface area contributed by atoms with Gasteiger partial charge in [0.15, 0.2) is 23.2 Å². The molecule has 0 fully saturated rings. The molecule has 0 radical (unpaired) electrons. The molecule has 2 aromatic carbocycles. The Kier molecular flexibility index (Phi) is 9.86. The SMILES string of the molecule is CN(C)CCC1=C(F)C(Oc2cc(C(=N)N)ccc2O)N(NCC(=O)O)C(Oc2cccc(C(=O)N(C)C)c2)=C1F. The Labute approximate surface area is 235 Å². The van der Waals surface area contributed by atoms with E-state index >= 15 is 8.78 Å². The number of hydrazine groups is 1. The number of hydrogen-bond acceptors (Lipinski definition) is 9. The van der Waals surface area contributed by atoms with Crippen molar-refractivity contribution in [2.24, 2.45) is 5.73 Å². The van der Waals surface area contributed by atoms with Gasteiger partial charge in [0.2, 0.25) is 6.23 Å². The second kappa shape index (κ2) is 13.1. The van der Waals surface area contributed by atoms with Crippen molar-refractivity contribution in [3.05, 3.63) is 76.7 Å². The van der Waals surface area contributed by atoms with Gasteiger partial charge in [0, 0.05) is 37.3 Å². The smallest absolute Gasteiger partial charge is 0.319 e. The number of aliphatic carboxylic acids is 1. The fourth-order valence-electron chi connectivity index (χ4n) is 3.74. The molecule has 2 aromatic rings. The number of phenolic OH excluding ortho intramolecular Hbond substituents is 1. The highest BCUT2D eigenvalue weighted by Gasteiger charge is 2.40. The maximum absolute atomic E-state index is 16.0. The van der Waals surface area contributed by atoms with Gasteiger partial charge in [0.1, 0.15) is 18.1 Å². The molecule has 0 saturated carbocycles. The van der Waals surface area contributed by atoms with Crippen molar-refractivity contribution in [3.63, 3.8) is 0 Å². The number of hydrogen-bond donors (Lipinski definition) is 5. The fraction of sp³-hybridized carbons (Fsp3) is 0.296. The molecule has 0 saturated heterocycles. The maximum Gasteiger partial charge on any atom is 0.319 e. The van der Waals surface area contributed by atoms with Crippen LogP contribution >= 0.6 is 0 Å². The van der Waals surface area contributed by atoms with Gasteiger partial charge in [-0.25, -0.2) is 19.2 Å². The Morgan fingerprint density at radius 3 is 2.44 bits per heavy atom. The zero-order chi connectivity index (χ0) is 30.4. The molecule has 12 nitrogen and oxygen atoms in total. The van der Waals surface area contributed by atoms with E-state index in [9.17, 15) is 19.8 Å². The molecule has 1 heterocycles. The van der Waals surface area contributed by atoms with Gasteiger partial charge in [-0.3, -0.25) is 15.0 Å². The number of nitrogens with zero attached hydrogens (tertiary/aromatic N) is 3. The number of carbonyl (C=O) groups excluding carboxylic acids is 1. The molecular formula is C27H32F2N6O6. The lowest BCUT2D eigenvalue weighted by Gasteiger charge is -2.37. The van der Waals surface area contributed by atoms with Gasteiger partial charge in [-0.1, -0.05) is 6.07 Å². The first kappa shape index (κ1) is 30.8. The van der Waals surface area contributed by atoms with E-state index in [1.807, 2.05) is 0 Å². The lowest BCUT2D eigenvalue weighted by molar-refractivity contribution is -0.138. The van der Waals surface area contributed by atoms with E-state index < -0.39 is 47.6 Å². The summed E-state index contributed by atoms with van der Waals surface area (Å²) in [5, 5.41) is 28.1. The summed E-state index contributed by atoms with van der Waals surface area (Å²) in [5.74, 6) is -5.70. The number of aromatic hydroxyl groups is 1. The average Bonchev–Trinajstić information content (AvgIpc) is 2.91. The molecule has 1 aliphatic heterocycles. The van der Waals surface area contributed by atoms with Crippen molar-refractivity contribution in [1.29, 1.82) is 5.41 Å². The zero-order valence-electron chi connectivity index (χ0n) is 22.9. The number of amides is 1. The standard InChI is InChI=1S/C27H32F2N6O6/c1-33(2)11-10-18-22(28)26(40-17-7-5-6-16(12-17)25(39)34(3)4)35(32-14-21(37)38)27(23(18)29)41-20-13-15(24(30)31)8-9-19(20)36/h5-9,12-13,27,32,36H,10-11,14H2,1-4H3,(H3,30,31)(H,37,38). The molecule has 0 aromatic heterocycles. The molecule has 0 aliphatic carbocycles. The number of carboxylic acids is 1. The molecule has 0 spiro atoms. The lowest BCUT2D eigenvalue weighted by Crippen LogP contribution is -2.53. The highest BCUT2D eigenvalue weighted by molar-refractivity contribution is 5.95.